The molecule has 3 rings (SSSR count). The Balaban J connectivity index is 2.01. The molecule has 1 aliphatic heterocycles. The number of hydrogen-bond donors (Lipinski definition) is 1. The zero-order valence-corrected chi connectivity index (χ0v) is 12.4. The van der Waals surface area contributed by atoms with E-state index in [4.69, 9.17) is 33.7 Å². The fourth-order valence-electron chi connectivity index (χ4n) is 2.43. The third-order valence-corrected chi connectivity index (χ3v) is 5.20. The van der Waals surface area contributed by atoms with Crippen LogP contribution in [0.2, 0.25) is 10.0 Å². The normalized spacial score (nSPS) is 22.3. The lowest BCUT2D eigenvalue weighted by Gasteiger charge is -2.29. The third kappa shape index (κ3) is 2.41. The highest BCUT2D eigenvalue weighted by Crippen LogP contribution is 2.41. The molecule has 0 aliphatic carbocycles. The fourth-order valence-corrected chi connectivity index (χ4v) is 3.80. The molecule has 100 valence electrons. The van der Waals surface area contributed by atoms with Crippen LogP contribution in [0.5, 0.6) is 0 Å². The summed E-state index contributed by atoms with van der Waals surface area (Å²) in [6.45, 7) is 1.14. The van der Waals surface area contributed by atoms with Crippen LogP contribution in [0.3, 0.4) is 0 Å². The summed E-state index contributed by atoms with van der Waals surface area (Å²) in [5.41, 5.74) is 8.08. The molecule has 0 bridgehead atoms. The summed E-state index contributed by atoms with van der Waals surface area (Å²) in [4.78, 5) is 1.32. The molecule has 0 radical (unpaired) electrons. The largest absolute Gasteiger partial charge is 0.371 e. The van der Waals surface area contributed by atoms with Crippen LogP contribution in [-0.2, 0) is 4.74 Å². The van der Waals surface area contributed by atoms with Crippen LogP contribution in [0.1, 0.15) is 28.0 Å². The molecule has 1 aromatic heterocycles. The first-order chi connectivity index (χ1) is 9.20. The van der Waals surface area contributed by atoms with Gasteiger partial charge in [-0.15, -0.1) is 11.3 Å². The van der Waals surface area contributed by atoms with E-state index in [9.17, 15) is 0 Å². The van der Waals surface area contributed by atoms with Crippen molar-refractivity contribution in [2.75, 3.05) is 13.2 Å². The molecule has 0 saturated heterocycles. The van der Waals surface area contributed by atoms with Crippen LogP contribution in [0.15, 0.2) is 29.6 Å². The number of fused-ring (bicyclic) bond motifs is 1. The van der Waals surface area contributed by atoms with E-state index in [1.807, 2.05) is 18.2 Å². The molecule has 2 N–H and O–H groups in total. The van der Waals surface area contributed by atoms with E-state index >= 15 is 0 Å². The standard InChI is InChI=1S/C14H13Cl2NOS/c15-11-2-1-8(5-12(11)16)10-7-18-13(6-17)9-3-4-19-14(9)10/h1-5,10,13H,6-7,17H2. The van der Waals surface area contributed by atoms with Crippen LogP contribution in [-0.4, -0.2) is 13.2 Å². The number of benzene rings is 1. The fraction of sp³-hybridized carbons (Fsp3) is 0.286. The highest BCUT2D eigenvalue weighted by molar-refractivity contribution is 7.10. The first kappa shape index (κ1) is 13.4. The maximum Gasteiger partial charge on any atom is 0.0958 e. The van der Waals surface area contributed by atoms with Crippen molar-refractivity contribution < 1.29 is 4.74 Å². The topological polar surface area (TPSA) is 35.2 Å². The van der Waals surface area contributed by atoms with Crippen LogP contribution in [0.4, 0.5) is 0 Å². The Morgan fingerprint density at radius 1 is 1.26 bits per heavy atom. The average molecular weight is 314 g/mol. The summed E-state index contributed by atoms with van der Waals surface area (Å²) in [6.07, 6.45) is 0.0141. The highest BCUT2D eigenvalue weighted by atomic mass is 35.5. The van der Waals surface area contributed by atoms with Crippen molar-refractivity contribution in [2.24, 2.45) is 5.73 Å². The summed E-state index contributed by atoms with van der Waals surface area (Å²) in [6, 6.07) is 7.86. The van der Waals surface area contributed by atoms with Gasteiger partial charge in [0.25, 0.3) is 0 Å². The molecule has 2 unspecified atom stereocenters. The van der Waals surface area contributed by atoms with E-state index in [0.717, 1.165) is 5.56 Å². The molecule has 2 heterocycles. The summed E-state index contributed by atoms with van der Waals surface area (Å²) in [7, 11) is 0. The number of thiophene rings is 1. The predicted molar refractivity (Wildman–Crippen MR) is 80.4 cm³/mol. The zero-order valence-electron chi connectivity index (χ0n) is 10.1. The number of ether oxygens (including phenoxy) is 1. The van der Waals surface area contributed by atoms with Gasteiger partial charge in [-0.2, -0.15) is 0 Å². The first-order valence-electron chi connectivity index (χ1n) is 6.04. The van der Waals surface area contributed by atoms with Crippen molar-refractivity contribution in [3.63, 3.8) is 0 Å². The summed E-state index contributed by atoms with van der Waals surface area (Å²) in [5.74, 6) is 0.215. The van der Waals surface area contributed by atoms with E-state index in [0.29, 0.717) is 23.2 Å². The molecule has 0 spiro atoms. The van der Waals surface area contributed by atoms with Gasteiger partial charge < -0.3 is 10.5 Å². The smallest absolute Gasteiger partial charge is 0.0958 e. The molecule has 2 aromatic rings. The lowest BCUT2D eigenvalue weighted by molar-refractivity contribution is 0.0412. The Labute approximate surface area is 126 Å². The minimum absolute atomic E-state index is 0.0141. The Hall–Kier alpha value is -0.580. The van der Waals surface area contributed by atoms with Crippen LogP contribution in [0.25, 0.3) is 0 Å². The second kappa shape index (κ2) is 5.43. The van der Waals surface area contributed by atoms with Crippen molar-refractivity contribution in [3.05, 3.63) is 55.7 Å². The van der Waals surface area contributed by atoms with Gasteiger partial charge in [-0.05, 0) is 34.7 Å². The average Bonchev–Trinajstić information content (AvgIpc) is 2.90. The van der Waals surface area contributed by atoms with Crippen molar-refractivity contribution in [1.82, 2.24) is 0 Å². The third-order valence-electron chi connectivity index (χ3n) is 3.41. The predicted octanol–water partition coefficient (Wildman–Crippen LogP) is 4.22. The second-order valence-electron chi connectivity index (χ2n) is 4.52. The Morgan fingerprint density at radius 3 is 2.84 bits per heavy atom. The van der Waals surface area contributed by atoms with Gasteiger partial charge in [0.05, 0.1) is 22.8 Å². The molecule has 1 aliphatic rings. The molecule has 0 amide bonds. The van der Waals surface area contributed by atoms with Crippen LogP contribution in [0, 0.1) is 0 Å². The van der Waals surface area contributed by atoms with E-state index < -0.39 is 0 Å². The molecule has 0 saturated carbocycles. The van der Waals surface area contributed by atoms with E-state index in [-0.39, 0.29) is 12.0 Å². The van der Waals surface area contributed by atoms with Gasteiger partial charge in [0.2, 0.25) is 0 Å². The monoisotopic (exact) mass is 313 g/mol. The van der Waals surface area contributed by atoms with E-state index in [2.05, 4.69) is 11.4 Å². The maximum absolute atomic E-state index is 6.10. The van der Waals surface area contributed by atoms with Gasteiger partial charge in [-0.25, -0.2) is 0 Å². The summed E-state index contributed by atoms with van der Waals surface area (Å²) < 4.78 is 5.85. The van der Waals surface area contributed by atoms with Crippen molar-refractivity contribution >= 4 is 34.5 Å². The molecular weight excluding hydrogens is 301 g/mol. The molecule has 5 heteroatoms. The van der Waals surface area contributed by atoms with Gasteiger partial charge >= 0.3 is 0 Å². The molecule has 0 fully saturated rings. The molecule has 2 atom stereocenters. The molecular formula is C14H13Cl2NOS. The van der Waals surface area contributed by atoms with Gasteiger partial charge in [0.15, 0.2) is 0 Å². The lowest BCUT2D eigenvalue weighted by atomic mass is 9.92. The maximum atomic E-state index is 6.10. The van der Waals surface area contributed by atoms with Crippen molar-refractivity contribution in [1.29, 1.82) is 0 Å². The second-order valence-corrected chi connectivity index (χ2v) is 6.29. The zero-order chi connectivity index (χ0) is 13.4. The highest BCUT2D eigenvalue weighted by Gasteiger charge is 2.29. The molecule has 1 aromatic carbocycles. The van der Waals surface area contributed by atoms with Crippen molar-refractivity contribution in [2.45, 2.75) is 12.0 Å². The van der Waals surface area contributed by atoms with Gasteiger partial charge in [-0.1, -0.05) is 29.3 Å². The van der Waals surface area contributed by atoms with Crippen LogP contribution >= 0.6 is 34.5 Å². The molecule has 19 heavy (non-hydrogen) atoms. The minimum Gasteiger partial charge on any atom is -0.371 e. The minimum atomic E-state index is 0.0141. The van der Waals surface area contributed by atoms with Gasteiger partial charge in [0, 0.05) is 17.3 Å². The lowest BCUT2D eigenvalue weighted by Crippen LogP contribution is -2.25. The summed E-state index contributed by atoms with van der Waals surface area (Å²) in [5, 5.41) is 3.25. The number of rotatable bonds is 2. The number of halogens is 2. The Kier molecular flexibility index (Phi) is 3.83. The number of nitrogens with two attached hydrogens (primary N) is 1. The van der Waals surface area contributed by atoms with Crippen molar-refractivity contribution in [3.8, 4) is 0 Å². The Bertz CT molecular complexity index is 599. The first-order valence-corrected chi connectivity index (χ1v) is 7.68. The number of hydrogen-bond acceptors (Lipinski definition) is 3. The van der Waals surface area contributed by atoms with E-state index in [1.165, 1.54) is 10.4 Å². The van der Waals surface area contributed by atoms with E-state index in [1.54, 1.807) is 11.3 Å². The van der Waals surface area contributed by atoms with Gasteiger partial charge in [0.1, 0.15) is 0 Å². The SMILES string of the molecule is NCC1OCC(c2ccc(Cl)c(Cl)c2)c2sccc21. The molecule has 2 nitrogen and oxygen atoms in total. The van der Waals surface area contributed by atoms with Crippen LogP contribution < -0.4 is 5.73 Å². The Morgan fingerprint density at radius 2 is 2.11 bits per heavy atom. The summed E-state index contributed by atoms with van der Waals surface area (Å²) >= 11 is 13.8. The van der Waals surface area contributed by atoms with Gasteiger partial charge in [-0.3, -0.25) is 0 Å². The quantitative estimate of drug-likeness (QED) is 0.901.